The van der Waals surface area contributed by atoms with Crippen LogP contribution in [0.1, 0.15) is 66.2 Å². The molecule has 0 aromatic rings. The van der Waals surface area contributed by atoms with Crippen molar-refractivity contribution in [2.75, 3.05) is 7.11 Å². The Hall–Kier alpha value is -0.630. The Morgan fingerprint density at radius 3 is 2.47 bits per heavy atom. The Bertz CT molecular complexity index is 279. The van der Waals surface area contributed by atoms with Crippen molar-refractivity contribution in [2.45, 2.75) is 66.2 Å². The third kappa shape index (κ3) is 6.91. The van der Waals surface area contributed by atoms with Crippen LogP contribution in [0.2, 0.25) is 0 Å². The minimum absolute atomic E-state index is 0.241. The molecule has 1 N–H and O–H groups in total. The summed E-state index contributed by atoms with van der Waals surface area (Å²) in [6, 6.07) is 0. The molecular formula is C17H32O2. The highest BCUT2D eigenvalue weighted by Crippen LogP contribution is 2.32. The van der Waals surface area contributed by atoms with Crippen LogP contribution in [0, 0.1) is 17.8 Å². The number of aliphatic hydroxyl groups is 1. The standard InChI is InChI=1S/C16H28O.CH4O/c1-5-14-9-10-15(16(17)11-14)13(4)8-6-7-12(2)3;1-2/h8,12,14-15H,5-7,9-11H2,1-4H3;2H,1H3/b13-8+;/t14-,15?;/m0./s1. The van der Waals surface area contributed by atoms with Gasteiger partial charge in [0.25, 0.3) is 0 Å². The van der Waals surface area contributed by atoms with E-state index in [1.54, 1.807) is 0 Å². The van der Waals surface area contributed by atoms with Gasteiger partial charge in [-0.1, -0.05) is 38.8 Å². The highest BCUT2D eigenvalue weighted by molar-refractivity contribution is 5.84. The molecule has 1 rings (SSSR count). The van der Waals surface area contributed by atoms with Crippen molar-refractivity contribution in [3.63, 3.8) is 0 Å². The lowest BCUT2D eigenvalue weighted by molar-refractivity contribution is -0.124. The van der Waals surface area contributed by atoms with Crippen LogP contribution >= 0.6 is 0 Å². The van der Waals surface area contributed by atoms with E-state index in [0.717, 1.165) is 38.7 Å². The van der Waals surface area contributed by atoms with Crippen LogP contribution in [0.5, 0.6) is 0 Å². The SMILES string of the molecule is CC[C@H]1CCC(/C(C)=C/CCC(C)C)C(=O)C1.CO. The third-order valence-corrected chi connectivity index (χ3v) is 4.08. The zero-order valence-electron chi connectivity index (χ0n) is 13.4. The number of aliphatic hydroxyl groups excluding tert-OH is 1. The lowest BCUT2D eigenvalue weighted by Gasteiger charge is -2.27. The predicted molar refractivity (Wildman–Crippen MR) is 82.1 cm³/mol. The summed E-state index contributed by atoms with van der Waals surface area (Å²) in [6.45, 7) is 8.85. The summed E-state index contributed by atoms with van der Waals surface area (Å²) in [7, 11) is 1.00. The summed E-state index contributed by atoms with van der Waals surface area (Å²) in [5, 5.41) is 7.00. The van der Waals surface area contributed by atoms with Gasteiger partial charge in [-0.15, -0.1) is 0 Å². The van der Waals surface area contributed by atoms with E-state index in [2.05, 4.69) is 33.8 Å². The molecule has 0 radical (unpaired) electrons. The molecule has 0 saturated heterocycles. The van der Waals surface area contributed by atoms with E-state index in [4.69, 9.17) is 5.11 Å². The first-order valence-corrected chi connectivity index (χ1v) is 7.68. The Morgan fingerprint density at radius 1 is 1.37 bits per heavy atom. The second kappa shape index (κ2) is 10.2. The molecule has 1 unspecified atom stereocenters. The summed E-state index contributed by atoms with van der Waals surface area (Å²) < 4.78 is 0. The van der Waals surface area contributed by atoms with Gasteiger partial charge in [-0.3, -0.25) is 4.79 Å². The quantitative estimate of drug-likeness (QED) is 0.752. The Kier molecular flexibility index (Phi) is 9.85. The van der Waals surface area contributed by atoms with E-state index in [-0.39, 0.29) is 5.92 Å². The fraction of sp³-hybridized carbons (Fsp3) is 0.824. The molecule has 112 valence electrons. The highest BCUT2D eigenvalue weighted by atomic mass is 16.2. The zero-order valence-corrected chi connectivity index (χ0v) is 13.4. The summed E-state index contributed by atoms with van der Waals surface area (Å²) in [6.07, 6.45) is 8.96. The lowest BCUT2D eigenvalue weighted by Crippen LogP contribution is -2.25. The summed E-state index contributed by atoms with van der Waals surface area (Å²) in [5.74, 6) is 2.14. The molecule has 0 heterocycles. The van der Waals surface area contributed by atoms with E-state index >= 15 is 0 Å². The first kappa shape index (κ1) is 18.4. The Morgan fingerprint density at radius 2 is 2.00 bits per heavy atom. The van der Waals surface area contributed by atoms with Crippen molar-refractivity contribution in [3.05, 3.63) is 11.6 Å². The second-order valence-corrected chi connectivity index (χ2v) is 5.99. The molecule has 0 bridgehead atoms. The number of carbonyl (C=O) groups excluding carboxylic acids is 1. The molecule has 1 aliphatic rings. The number of allylic oxidation sites excluding steroid dienone is 2. The maximum absolute atomic E-state index is 12.1. The van der Waals surface area contributed by atoms with E-state index in [1.165, 1.54) is 18.4 Å². The van der Waals surface area contributed by atoms with E-state index in [1.807, 2.05) is 0 Å². The fourth-order valence-electron chi connectivity index (χ4n) is 2.71. The van der Waals surface area contributed by atoms with Crippen molar-refractivity contribution in [3.8, 4) is 0 Å². The van der Waals surface area contributed by atoms with Gasteiger partial charge in [-0.2, -0.15) is 0 Å². The first-order chi connectivity index (χ1) is 9.04. The minimum atomic E-state index is 0.241. The number of rotatable bonds is 5. The third-order valence-electron chi connectivity index (χ3n) is 4.08. The van der Waals surface area contributed by atoms with Gasteiger partial charge in [0.15, 0.2) is 0 Å². The molecule has 0 spiro atoms. The van der Waals surface area contributed by atoms with Gasteiger partial charge in [-0.25, -0.2) is 0 Å². The molecule has 1 fully saturated rings. The normalized spacial score (nSPS) is 24.2. The summed E-state index contributed by atoms with van der Waals surface area (Å²) in [4.78, 5) is 12.1. The number of hydrogen-bond donors (Lipinski definition) is 1. The van der Waals surface area contributed by atoms with Crippen LogP contribution < -0.4 is 0 Å². The van der Waals surface area contributed by atoms with Gasteiger partial charge >= 0.3 is 0 Å². The molecule has 2 atom stereocenters. The van der Waals surface area contributed by atoms with Gasteiger partial charge in [0.1, 0.15) is 5.78 Å². The molecule has 1 saturated carbocycles. The largest absolute Gasteiger partial charge is 0.400 e. The van der Waals surface area contributed by atoms with Gasteiger partial charge in [0.05, 0.1) is 0 Å². The summed E-state index contributed by atoms with van der Waals surface area (Å²) in [5.41, 5.74) is 1.32. The van der Waals surface area contributed by atoms with E-state index in [9.17, 15) is 4.79 Å². The molecule has 0 amide bonds. The Labute approximate surface area is 119 Å². The zero-order chi connectivity index (χ0) is 14.8. The van der Waals surface area contributed by atoms with E-state index < -0.39 is 0 Å². The predicted octanol–water partition coefficient (Wildman–Crippen LogP) is 4.37. The van der Waals surface area contributed by atoms with Gasteiger partial charge in [-0.05, 0) is 44.4 Å². The number of ketones is 1. The van der Waals surface area contributed by atoms with Crippen molar-refractivity contribution in [1.29, 1.82) is 0 Å². The van der Waals surface area contributed by atoms with Gasteiger partial charge in [0, 0.05) is 19.4 Å². The van der Waals surface area contributed by atoms with E-state index in [0.29, 0.717) is 11.7 Å². The number of Topliss-reactive ketones (excluding diaryl/α,β-unsaturated/α-hetero) is 1. The summed E-state index contributed by atoms with van der Waals surface area (Å²) >= 11 is 0. The van der Waals surface area contributed by atoms with Gasteiger partial charge < -0.3 is 5.11 Å². The maximum atomic E-state index is 12.1. The van der Waals surface area contributed by atoms with Crippen LogP contribution in [0.15, 0.2) is 11.6 Å². The highest BCUT2D eigenvalue weighted by Gasteiger charge is 2.28. The topological polar surface area (TPSA) is 37.3 Å². The smallest absolute Gasteiger partial charge is 0.140 e. The molecule has 2 nitrogen and oxygen atoms in total. The molecule has 19 heavy (non-hydrogen) atoms. The average Bonchev–Trinajstić information content (AvgIpc) is 2.40. The monoisotopic (exact) mass is 268 g/mol. The second-order valence-electron chi connectivity index (χ2n) is 5.99. The van der Waals surface area contributed by atoms with Crippen LogP contribution in [0.25, 0.3) is 0 Å². The molecule has 2 heteroatoms. The molecular weight excluding hydrogens is 236 g/mol. The first-order valence-electron chi connectivity index (χ1n) is 7.68. The van der Waals surface area contributed by atoms with Crippen molar-refractivity contribution >= 4 is 5.78 Å². The average molecular weight is 268 g/mol. The molecule has 0 aromatic heterocycles. The van der Waals surface area contributed by atoms with Crippen LogP contribution in [0.4, 0.5) is 0 Å². The Balaban J connectivity index is 0.00000154. The van der Waals surface area contributed by atoms with Crippen LogP contribution in [-0.4, -0.2) is 18.0 Å². The molecule has 0 aliphatic heterocycles. The maximum Gasteiger partial charge on any atom is 0.140 e. The van der Waals surface area contributed by atoms with Crippen molar-refractivity contribution in [1.82, 2.24) is 0 Å². The fourth-order valence-corrected chi connectivity index (χ4v) is 2.71. The minimum Gasteiger partial charge on any atom is -0.400 e. The number of carbonyl (C=O) groups is 1. The van der Waals surface area contributed by atoms with Crippen molar-refractivity contribution in [2.24, 2.45) is 17.8 Å². The molecule has 1 aliphatic carbocycles. The van der Waals surface area contributed by atoms with Crippen molar-refractivity contribution < 1.29 is 9.90 Å². The van der Waals surface area contributed by atoms with Crippen LogP contribution in [-0.2, 0) is 4.79 Å². The molecule has 0 aromatic carbocycles. The van der Waals surface area contributed by atoms with Gasteiger partial charge in [0.2, 0.25) is 0 Å². The lowest BCUT2D eigenvalue weighted by atomic mass is 9.77. The number of hydrogen-bond acceptors (Lipinski definition) is 2. The van der Waals surface area contributed by atoms with Crippen LogP contribution in [0.3, 0.4) is 0 Å².